The van der Waals surface area contributed by atoms with Gasteiger partial charge in [0, 0.05) is 33.3 Å². The fourth-order valence-corrected chi connectivity index (χ4v) is 9.05. The Hall–Kier alpha value is -7.07. The minimum Gasteiger partial charge on any atom is -0.493 e. The number of rotatable bonds is 12. The fraction of sp³-hybridized carbons (Fsp3) is 0.357. The molecule has 0 saturated carbocycles. The van der Waals surface area contributed by atoms with Gasteiger partial charge < -0.3 is 45.9 Å². The molecule has 2 fully saturated rings. The second-order valence-electron chi connectivity index (χ2n) is 21.4. The van der Waals surface area contributed by atoms with E-state index in [-0.39, 0.29) is 34.9 Å². The number of benzene rings is 4. The molecule has 14 nitrogen and oxygen atoms in total. The van der Waals surface area contributed by atoms with E-state index < -0.39 is 36.9 Å². The molecule has 0 N–H and O–H groups in total. The van der Waals surface area contributed by atoms with Crippen LogP contribution in [0.5, 0.6) is 11.5 Å². The molecule has 0 bridgehead atoms. The Kier molecular flexibility index (Phi) is 12.1. The van der Waals surface area contributed by atoms with Crippen LogP contribution in [0.1, 0.15) is 94.9 Å². The molecule has 4 aromatic carbocycles. The third-order valence-corrected chi connectivity index (χ3v) is 14.1. The number of oxazole rings is 2. The van der Waals surface area contributed by atoms with E-state index in [2.05, 4.69) is 38.6 Å². The highest BCUT2D eigenvalue weighted by Crippen LogP contribution is 2.44. The Morgan fingerprint density at radius 2 is 1.03 bits per heavy atom. The maximum absolute atomic E-state index is 11.8. The van der Waals surface area contributed by atoms with Gasteiger partial charge in [-0.15, -0.1) is 0 Å². The summed E-state index contributed by atoms with van der Waals surface area (Å²) in [6.45, 7) is 34.4. The first kappa shape index (κ1) is 48.6. The minimum absolute atomic E-state index is 0.0517. The van der Waals surface area contributed by atoms with Gasteiger partial charge in [-0.2, -0.15) is 5.26 Å². The lowest BCUT2D eigenvalue weighted by Gasteiger charge is -2.32. The van der Waals surface area contributed by atoms with E-state index in [1.807, 2.05) is 161 Å². The highest BCUT2D eigenvalue weighted by molar-refractivity contribution is 6.47. The number of aromatic nitrogens is 4. The maximum Gasteiger partial charge on any atom is 0.599 e. The van der Waals surface area contributed by atoms with Crippen molar-refractivity contribution in [1.82, 2.24) is 18.9 Å². The van der Waals surface area contributed by atoms with Crippen molar-refractivity contribution < 1.29 is 36.9 Å². The normalized spacial score (nSPS) is 17.8. The molecule has 16 heteroatoms. The second-order valence-corrected chi connectivity index (χ2v) is 21.4. The number of nitriles is 1. The van der Waals surface area contributed by atoms with E-state index in [1.54, 1.807) is 0 Å². The van der Waals surface area contributed by atoms with E-state index in [0.29, 0.717) is 90.9 Å². The first-order chi connectivity index (χ1) is 34.2. The fourth-order valence-electron chi connectivity index (χ4n) is 9.05. The first-order valence-electron chi connectivity index (χ1n) is 24.5. The van der Waals surface area contributed by atoms with Crippen LogP contribution in [0.4, 0.5) is 0 Å². The van der Waals surface area contributed by atoms with Gasteiger partial charge in [-0.05, 0) is 116 Å². The molecule has 8 aromatic rings. The van der Waals surface area contributed by atoms with Crippen LogP contribution in [-0.2, 0) is 18.6 Å². The van der Waals surface area contributed by atoms with Crippen molar-refractivity contribution in [2.45, 2.75) is 105 Å². The molecule has 0 amide bonds. The van der Waals surface area contributed by atoms with Crippen molar-refractivity contribution in [2.24, 2.45) is 11.8 Å². The third kappa shape index (κ3) is 8.26. The van der Waals surface area contributed by atoms with Crippen LogP contribution in [0, 0.1) is 29.7 Å². The van der Waals surface area contributed by atoms with E-state index >= 15 is 0 Å². The van der Waals surface area contributed by atoms with E-state index in [0.717, 1.165) is 0 Å². The number of para-hydroxylation sites is 4. The van der Waals surface area contributed by atoms with Gasteiger partial charge in [-0.1, -0.05) is 76.2 Å². The quantitative estimate of drug-likeness (QED) is 0.0852. The molecule has 0 atom stereocenters. The van der Waals surface area contributed by atoms with Crippen LogP contribution in [0.25, 0.3) is 71.6 Å². The molecule has 0 radical (unpaired) electrons. The molecule has 72 heavy (non-hydrogen) atoms. The molecule has 2 aliphatic heterocycles. The summed E-state index contributed by atoms with van der Waals surface area (Å²) < 4.78 is 58.1. The monoisotopic (exact) mass is 964 g/mol. The first-order valence-corrected chi connectivity index (χ1v) is 24.5. The largest absolute Gasteiger partial charge is 0.599 e. The molecule has 0 unspecified atom stereocenters. The summed E-state index contributed by atoms with van der Waals surface area (Å²) in [6, 6.07) is 32.9. The average molecular weight is 965 g/mol. The van der Waals surface area contributed by atoms with Crippen molar-refractivity contribution in [2.75, 3.05) is 13.2 Å². The Bertz CT molecular complexity index is 3300. The molecule has 6 heterocycles. The summed E-state index contributed by atoms with van der Waals surface area (Å²) in [5.74, 6) is 1.82. The summed E-state index contributed by atoms with van der Waals surface area (Å²) in [7, 11) is -2.32. The van der Waals surface area contributed by atoms with Crippen LogP contribution >= 0.6 is 0 Å². The van der Waals surface area contributed by atoms with Gasteiger partial charge in [0.05, 0.1) is 52.9 Å². The van der Waals surface area contributed by atoms with E-state index in [1.165, 1.54) is 0 Å². The molecule has 2 saturated heterocycles. The number of hydrogen-bond donors (Lipinski definition) is 0. The molecule has 4 aromatic heterocycles. The molecule has 366 valence electrons. The summed E-state index contributed by atoms with van der Waals surface area (Å²) in [5.41, 5.74) is 1.19. The summed E-state index contributed by atoms with van der Waals surface area (Å²) in [4.78, 5) is 14.3. The lowest BCUT2D eigenvalue weighted by molar-refractivity contribution is 0.00578. The summed E-state index contributed by atoms with van der Waals surface area (Å²) in [6.07, 6.45) is 0. The van der Waals surface area contributed by atoms with E-state index in [4.69, 9.17) is 46.9 Å². The maximum atomic E-state index is 11.8. The predicted octanol–water partition coefficient (Wildman–Crippen LogP) is 10.8. The van der Waals surface area contributed by atoms with Crippen molar-refractivity contribution >= 4 is 58.7 Å². The van der Waals surface area contributed by atoms with E-state index in [9.17, 15) is 11.8 Å². The van der Waals surface area contributed by atoms with Crippen molar-refractivity contribution in [1.29, 1.82) is 5.26 Å². The van der Waals surface area contributed by atoms with Gasteiger partial charge in [-0.3, -0.25) is 0 Å². The highest BCUT2D eigenvalue weighted by Gasteiger charge is 2.56. The average Bonchev–Trinajstić information content (AvgIpc) is 4.16. The zero-order valence-corrected chi connectivity index (χ0v) is 42.9. The van der Waals surface area contributed by atoms with Crippen molar-refractivity contribution in [3.63, 3.8) is 0 Å². The second kappa shape index (κ2) is 17.9. The van der Waals surface area contributed by atoms with Crippen molar-refractivity contribution in [3.8, 4) is 40.1 Å². The zero-order valence-electron chi connectivity index (χ0n) is 42.9. The predicted molar refractivity (Wildman–Crippen MR) is 279 cm³/mol. The lowest BCUT2D eigenvalue weighted by atomic mass is 9.90. The highest BCUT2D eigenvalue weighted by atomic mass is 16.7. The Morgan fingerprint density at radius 3 is 1.46 bits per heavy atom. The number of fused-ring (bicyclic) bond motifs is 3. The van der Waals surface area contributed by atoms with Gasteiger partial charge in [0.25, 0.3) is 5.70 Å². The van der Waals surface area contributed by atoms with Gasteiger partial charge in [-0.25, -0.2) is 14.8 Å². The SMILES string of the molecule is [C-]#[N+]/C(c1nc2ccccc2o1)=c1\c2c(-c3cccc(OCC(C)C)c3)n(B3OC(C)(C)C(C)(C)O3)/c(=C(/C#N)c3nc4ccccc4o3)c2c(-c2cccc(OCC(C)C)c2)n1B1OC(C)(C)C(C)(C)O1. The molecule has 2 aliphatic rings. The molecular formula is C56H58B2N6O8. The lowest BCUT2D eigenvalue weighted by Crippen LogP contribution is -2.41. The van der Waals surface area contributed by atoms with Gasteiger partial charge in [0.15, 0.2) is 11.2 Å². The standard InChI is InChI=1S/C56H58B2N6O8/c1-33(2)31-65-37-22-18-20-35(28-37)47-44-45(50(64(47)58-71-55(9,10)56(11,12)72-58)46(60-13)52-62-41-25-15-17-27-43(41)68-52)48(36-21-19-23-38(29-36)66-32-34(3)4)63(57-69-53(5,6)54(7,8)70-57)49(44)39(30-59)51-61-40-24-14-16-26-42(40)67-51/h14-29,33-34H,31-32H2,1-12H3/b49-39-,50-46+. The zero-order chi connectivity index (χ0) is 51.1. The summed E-state index contributed by atoms with van der Waals surface area (Å²) >= 11 is 0. The van der Waals surface area contributed by atoms with Crippen molar-refractivity contribution in [3.05, 3.63) is 131 Å². The Balaban J connectivity index is 1.52. The van der Waals surface area contributed by atoms with Crippen LogP contribution in [-0.4, -0.2) is 69.0 Å². The molecule has 0 aliphatic carbocycles. The number of hydrogen-bond acceptors (Lipinski definition) is 11. The van der Waals surface area contributed by atoms with Crippen LogP contribution in [0.2, 0.25) is 0 Å². The van der Waals surface area contributed by atoms with Crippen LogP contribution in [0.15, 0.2) is 106 Å². The number of nitrogens with zero attached hydrogens (tertiary/aromatic N) is 6. The van der Waals surface area contributed by atoms with Gasteiger partial charge >= 0.3 is 14.5 Å². The van der Waals surface area contributed by atoms with Gasteiger partial charge in [0.1, 0.15) is 34.2 Å². The molecule has 10 rings (SSSR count). The number of ether oxygens (including phenoxy) is 2. The smallest absolute Gasteiger partial charge is 0.493 e. The Labute approximate surface area is 419 Å². The third-order valence-electron chi connectivity index (χ3n) is 14.1. The van der Waals surface area contributed by atoms with Gasteiger partial charge in [0.2, 0.25) is 11.8 Å². The van der Waals surface area contributed by atoms with Crippen LogP contribution < -0.4 is 20.2 Å². The topological polar surface area (TPSA) is 145 Å². The molecule has 0 spiro atoms. The molecular weight excluding hydrogens is 906 g/mol. The summed E-state index contributed by atoms with van der Waals surface area (Å²) in [5, 5.41) is 13.5. The minimum atomic E-state index is -1.16. The Morgan fingerprint density at radius 1 is 0.611 bits per heavy atom. The van der Waals surface area contributed by atoms with Crippen LogP contribution in [0.3, 0.4) is 0 Å².